The molecule has 0 saturated heterocycles. The molecule has 0 radical (unpaired) electrons. The normalized spacial score (nSPS) is 13.7. The standard InChI is InChI=1S/C23H47NOS/c1-8-10-11-12-14-20(23(6,7)16-9-2)15-13-18-26-19-17-24-21(25)22(3,4)5/h20H,8-19H2,1-7H3,(H,24,25). The summed E-state index contributed by atoms with van der Waals surface area (Å²) in [7, 11) is 0. The number of thioether (sulfide) groups is 1. The van der Waals surface area contributed by atoms with Gasteiger partial charge in [0.15, 0.2) is 0 Å². The second kappa shape index (κ2) is 13.9. The highest BCUT2D eigenvalue weighted by Gasteiger charge is 2.27. The van der Waals surface area contributed by atoms with E-state index >= 15 is 0 Å². The lowest BCUT2D eigenvalue weighted by molar-refractivity contribution is -0.128. The van der Waals surface area contributed by atoms with E-state index < -0.39 is 0 Å². The van der Waals surface area contributed by atoms with Gasteiger partial charge in [0.2, 0.25) is 5.91 Å². The Balaban J connectivity index is 4.06. The molecule has 0 aliphatic rings. The SMILES string of the molecule is CCCCCCC(CCCSCCNC(=O)C(C)(C)C)C(C)(C)CCC. The molecule has 3 heteroatoms. The molecule has 0 aliphatic heterocycles. The summed E-state index contributed by atoms with van der Waals surface area (Å²) in [4.78, 5) is 11.8. The Bertz CT molecular complexity index is 360. The lowest BCUT2D eigenvalue weighted by Crippen LogP contribution is -2.36. The Morgan fingerprint density at radius 2 is 1.54 bits per heavy atom. The van der Waals surface area contributed by atoms with Gasteiger partial charge in [-0.3, -0.25) is 4.79 Å². The van der Waals surface area contributed by atoms with Crippen LogP contribution in [0.3, 0.4) is 0 Å². The van der Waals surface area contributed by atoms with Gasteiger partial charge in [0, 0.05) is 17.7 Å². The molecular formula is C23H47NOS. The first-order chi connectivity index (χ1) is 12.1. The molecule has 1 amide bonds. The average molecular weight is 386 g/mol. The minimum absolute atomic E-state index is 0.159. The highest BCUT2D eigenvalue weighted by Crippen LogP contribution is 2.38. The lowest BCUT2D eigenvalue weighted by Gasteiger charge is -2.35. The first-order valence-corrected chi connectivity index (χ1v) is 12.2. The van der Waals surface area contributed by atoms with E-state index in [1.807, 2.05) is 32.5 Å². The van der Waals surface area contributed by atoms with E-state index in [4.69, 9.17) is 0 Å². The van der Waals surface area contributed by atoms with Crippen molar-refractivity contribution >= 4 is 17.7 Å². The van der Waals surface area contributed by atoms with Crippen LogP contribution in [0.2, 0.25) is 0 Å². The third-order valence-corrected chi connectivity index (χ3v) is 6.53. The molecular weight excluding hydrogens is 338 g/mol. The molecule has 26 heavy (non-hydrogen) atoms. The molecule has 1 atom stereocenters. The van der Waals surface area contributed by atoms with E-state index in [-0.39, 0.29) is 11.3 Å². The number of unbranched alkanes of at least 4 members (excludes halogenated alkanes) is 3. The second-order valence-corrected chi connectivity index (χ2v) is 10.8. The predicted octanol–water partition coefficient (Wildman–Crippen LogP) is 7.08. The minimum atomic E-state index is -0.277. The van der Waals surface area contributed by atoms with Crippen molar-refractivity contribution in [3.8, 4) is 0 Å². The molecule has 0 aromatic rings. The number of amides is 1. The number of carbonyl (C=O) groups is 1. The van der Waals surface area contributed by atoms with Crippen LogP contribution in [0.5, 0.6) is 0 Å². The number of nitrogens with one attached hydrogen (secondary N) is 1. The first kappa shape index (κ1) is 25.8. The van der Waals surface area contributed by atoms with Crippen LogP contribution in [0, 0.1) is 16.7 Å². The summed E-state index contributed by atoms with van der Waals surface area (Å²) in [5, 5.41) is 3.04. The maximum atomic E-state index is 11.8. The van der Waals surface area contributed by atoms with E-state index in [0.29, 0.717) is 5.41 Å². The van der Waals surface area contributed by atoms with E-state index in [1.165, 1.54) is 63.5 Å². The van der Waals surface area contributed by atoms with Gasteiger partial charge in [-0.05, 0) is 42.8 Å². The summed E-state index contributed by atoms with van der Waals surface area (Å²) in [5.41, 5.74) is 0.201. The number of rotatable bonds is 15. The fourth-order valence-electron chi connectivity index (χ4n) is 3.63. The summed E-state index contributed by atoms with van der Waals surface area (Å²) in [6.45, 7) is 16.3. The molecule has 0 aromatic carbocycles. The largest absolute Gasteiger partial charge is 0.355 e. The third kappa shape index (κ3) is 12.3. The van der Waals surface area contributed by atoms with Crippen LogP contribution in [0.15, 0.2) is 0 Å². The van der Waals surface area contributed by atoms with Gasteiger partial charge in [-0.25, -0.2) is 0 Å². The molecule has 0 heterocycles. The Kier molecular flexibility index (Phi) is 13.8. The maximum absolute atomic E-state index is 11.8. The highest BCUT2D eigenvalue weighted by molar-refractivity contribution is 7.99. The fraction of sp³-hybridized carbons (Fsp3) is 0.957. The number of carbonyl (C=O) groups excluding carboxylic acids is 1. The van der Waals surface area contributed by atoms with Gasteiger partial charge in [-0.15, -0.1) is 0 Å². The fourth-order valence-corrected chi connectivity index (χ4v) is 4.45. The third-order valence-electron chi connectivity index (χ3n) is 5.46. The van der Waals surface area contributed by atoms with Crippen molar-refractivity contribution in [3.63, 3.8) is 0 Å². The average Bonchev–Trinajstić information content (AvgIpc) is 2.54. The molecule has 0 aliphatic carbocycles. The van der Waals surface area contributed by atoms with E-state index in [0.717, 1.165) is 18.2 Å². The Hall–Kier alpha value is -0.180. The maximum Gasteiger partial charge on any atom is 0.225 e. The Labute approximate surface area is 169 Å². The van der Waals surface area contributed by atoms with Gasteiger partial charge < -0.3 is 5.32 Å². The zero-order valence-electron chi connectivity index (χ0n) is 18.9. The number of hydrogen-bond acceptors (Lipinski definition) is 2. The molecule has 156 valence electrons. The van der Waals surface area contributed by atoms with Crippen LogP contribution in [0.25, 0.3) is 0 Å². The molecule has 0 bridgehead atoms. The summed E-state index contributed by atoms with van der Waals surface area (Å²) >= 11 is 1.99. The van der Waals surface area contributed by atoms with E-state index in [9.17, 15) is 4.79 Å². The molecule has 1 unspecified atom stereocenters. The Morgan fingerprint density at radius 3 is 2.12 bits per heavy atom. The van der Waals surface area contributed by atoms with Gasteiger partial charge >= 0.3 is 0 Å². The van der Waals surface area contributed by atoms with Crippen molar-refractivity contribution < 1.29 is 4.79 Å². The molecule has 0 aromatic heterocycles. The van der Waals surface area contributed by atoms with Crippen molar-refractivity contribution in [2.24, 2.45) is 16.7 Å². The van der Waals surface area contributed by atoms with E-state index in [2.05, 4.69) is 33.0 Å². The first-order valence-electron chi connectivity index (χ1n) is 11.0. The van der Waals surface area contributed by atoms with Crippen molar-refractivity contribution in [1.82, 2.24) is 5.32 Å². The monoisotopic (exact) mass is 385 g/mol. The van der Waals surface area contributed by atoms with Crippen LogP contribution in [-0.2, 0) is 4.79 Å². The quantitative estimate of drug-likeness (QED) is 0.305. The van der Waals surface area contributed by atoms with E-state index in [1.54, 1.807) is 0 Å². The van der Waals surface area contributed by atoms with Crippen LogP contribution in [0.1, 0.15) is 106 Å². The molecule has 1 N–H and O–H groups in total. The van der Waals surface area contributed by atoms with Crippen LogP contribution < -0.4 is 5.32 Å². The number of hydrogen-bond donors (Lipinski definition) is 1. The predicted molar refractivity (Wildman–Crippen MR) is 120 cm³/mol. The van der Waals surface area contributed by atoms with Crippen molar-refractivity contribution in [2.75, 3.05) is 18.1 Å². The zero-order valence-corrected chi connectivity index (χ0v) is 19.7. The lowest BCUT2D eigenvalue weighted by atomic mass is 9.71. The molecule has 0 fully saturated rings. The molecule has 2 nitrogen and oxygen atoms in total. The van der Waals surface area contributed by atoms with Crippen molar-refractivity contribution in [3.05, 3.63) is 0 Å². The summed E-state index contributed by atoms with van der Waals surface area (Å²) in [5.74, 6) is 3.27. The van der Waals surface area contributed by atoms with Crippen molar-refractivity contribution in [1.29, 1.82) is 0 Å². The minimum Gasteiger partial charge on any atom is -0.355 e. The highest BCUT2D eigenvalue weighted by atomic mass is 32.2. The molecule has 0 saturated carbocycles. The summed E-state index contributed by atoms with van der Waals surface area (Å²) < 4.78 is 0. The van der Waals surface area contributed by atoms with Crippen molar-refractivity contribution in [2.45, 2.75) is 106 Å². The van der Waals surface area contributed by atoms with Gasteiger partial charge in [0.25, 0.3) is 0 Å². The van der Waals surface area contributed by atoms with Crippen LogP contribution in [0.4, 0.5) is 0 Å². The van der Waals surface area contributed by atoms with Gasteiger partial charge in [-0.1, -0.05) is 80.6 Å². The zero-order chi connectivity index (χ0) is 20.1. The topological polar surface area (TPSA) is 29.1 Å². The summed E-state index contributed by atoms with van der Waals surface area (Å²) in [6, 6.07) is 0. The van der Waals surface area contributed by atoms with Gasteiger partial charge in [0.05, 0.1) is 0 Å². The van der Waals surface area contributed by atoms with Crippen LogP contribution in [-0.4, -0.2) is 24.0 Å². The Morgan fingerprint density at radius 1 is 0.885 bits per heavy atom. The second-order valence-electron chi connectivity index (χ2n) is 9.55. The van der Waals surface area contributed by atoms with Gasteiger partial charge in [-0.2, -0.15) is 11.8 Å². The van der Waals surface area contributed by atoms with Crippen LogP contribution >= 0.6 is 11.8 Å². The smallest absolute Gasteiger partial charge is 0.225 e. The molecule has 0 spiro atoms. The molecule has 0 rings (SSSR count). The summed E-state index contributed by atoms with van der Waals surface area (Å²) in [6.07, 6.45) is 12.2. The van der Waals surface area contributed by atoms with Gasteiger partial charge in [0.1, 0.15) is 0 Å².